The molecular weight excluding hydrogens is 211 g/mol. The van der Waals surface area contributed by atoms with Crippen molar-refractivity contribution in [2.45, 2.75) is 43.8 Å². The minimum atomic E-state index is -4.49. The molecule has 0 radical (unpaired) electrons. The van der Waals surface area contributed by atoms with Crippen molar-refractivity contribution in [3.8, 4) is 0 Å². The third-order valence-electron chi connectivity index (χ3n) is 2.52. The fourth-order valence-corrected chi connectivity index (χ4v) is 1.68. The number of nitrogens with two attached hydrogens (primary N) is 1. The van der Waals surface area contributed by atoms with Gasteiger partial charge in [0, 0.05) is 0 Å². The number of ether oxygens (including phenoxy) is 1. The van der Waals surface area contributed by atoms with Crippen LogP contribution in [0.1, 0.15) is 32.1 Å². The molecule has 1 aliphatic carbocycles. The molecule has 0 heterocycles. The van der Waals surface area contributed by atoms with Crippen molar-refractivity contribution in [1.29, 1.82) is 0 Å². The first-order valence-electron chi connectivity index (χ1n) is 4.86. The van der Waals surface area contributed by atoms with E-state index in [1.54, 1.807) is 0 Å². The van der Waals surface area contributed by atoms with Gasteiger partial charge >= 0.3 is 12.1 Å². The Morgan fingerprint density at radius 1 is 1.27 bits per heavy atom. The van der Waals surface area contributed by atoms with E-state index in [1.807, 2.05) is 0 Å². The van der Waals surface area contributed by atoms with Gasteiger partial charge in [0.1, 0.15) is 5.54 Å². The van der Waals surface area contributed by atoms with E-state index in [9.17, 15) is 18.0 Å². The number of alkyl halides is 3. The van der Waals surface area contributed by atoms with Gasteiger partial charge in [0.2, 0.25) is 0 Å². The fraction of sp³-hybridized carbons (Fsp3) is 0.889. The molecule has 6 heteroatoms. The van der Waals surface area contributed by atoms with E-state index in [4.69, 9.17) is 5.73 Å². The predicted molar refractivity (Wildman–Crippen MR) is 47.0 cm³/mol. The Morgan fingerprint density at radius 3 is 2.27 bits per heavy atom. The third kappa shape index (κ3) is 3.70. The molecule has 0 spiro atoms. The summed E-state index contributed by atoms with van der Waals surface area (Å²) in [5, 5.41) is 0. The van der Waals surface area contributed by atoms with Gasteiger partial charge in [-0.2, -0.15) is 13.2 Å². The number of rotatable bonds is 2. The molecule has 0 aromatic rings. The smallest absolute Gasteiger partial charge is 0.422 e. The second-order valence-corrected chi connectivity index (χ2v) is 3.91. The van der Waals surface area contributed by atoms with Gasteiger partial charge in [-0.1, -0.05) is 19.3 Å². The van der Waals surface area contributed by atoms with E-state index in [-0.39, 0.29) is 0 Å². The summed E-state index contributed by atoms with van der Waals surface area (Å²) < 4.78 is 39.5. The van der Waals surface area contributed by atoms with Crippen LogP contribution in [-0.2, 0) is 9.53 Å². The number of hydrogen-bond donors (Lipinski definition) is 1. The summed E-state index contributed by atoms with van der Waals surface area (Å²) in [6, 6.07) is 0. The predicted octanol–water partition coefficient (Wildman–Crippen LogP) is 1.75. The summed E-state index contributed by atoms with van der Waals surface area (Å²) in [7, 11) is 0. The van der Waals surface area contributed by atoms with Gasteiger partial charge in [-0.25, -0.2) is 0 Å². The van der Waals surface area contributed by atoms with Crippen LogP contribution < -0.4 is 5.73 Å². The highest BCUT2D eigenvalue weighted by Gasteiger charge is 2.39. The number of hydrogen-bond acceptors (Lipinski definition) is 3. The summed E-state index contributed by atoms with van der Waals surface area (Å²) in [4.78, 5) is 11.3. The molecule has 2 N–H and O–H groups in total. The highest BCUT2D eigenvalue weighted by Crippen LogP contribution is 2.27. The normalized spacial score (nSPS) is 21.1. The van der Waals surface area contributed by atoms with Crippen molar-refractivity contribution in [2.75, 3.05) is 6.61 Å². The molecule has 0 unspecified atom stereocenters. The summed E-state index contributed by atoms with van der Waals surface area (Å²) in [6.07, 6.45) is -1.19. The maximum Gasteiger partial charge on any atom is 0.422 e. The first-order chi connectivity index (χ1) is 6.83. The van der Waals surface area contributed by atoms with E-state index in [1.165, 1.54) is 0 Å². The van der Waals surface area contributed by atoms with Crippen molar-refractivity contribution >= 4 is 5.97 Å². The van der Waals surface area contributed by atoms with E-state index in [0.29, 0.717) is 12.8 Å². The van der Waals surface area contributed by atoms with E-state index >= 15 is 0 Å². The van der Waals surface area contributed by atoms with Crippen molar-refractivity contribution in [3.63, 3.8) is 0 Å². The molecule has 0 aliphatic heterocycles. The maximum absolute atomic E-state index is 11.8. The molecule has 88 valence electrons. The lowest BCUT2D eigenvalue weighted by Gasteiger charge is -2.30. The Balaban J connectivity index is 2.45. The minimum absolute atomic E-state index is 0.406. The van der Waals surface area contributed by atoms with Crippen LogP contribution in [0.25, 0.3) is 0 Å². The third-order valence-corrected chi connectivity index (χ3v) is 2.52. The highest BCUT2D eigenvalue weighted by molar-refractivity contribution is 5.80. The number of carbonyl (C=O) groups excluding carboxylic acids is 1. The lowest BCUT2D eigenvalue weighted by atomic mass is 9.83. The van der Waals surface area contributed by atoms with Gasteiger partial charge in [-0.3, -0.25) is 4.79 Å². The first-order valence-corrected chi connectivity index (χ1v) is 4.86. The molecule has 0 aromatic heterocycles. The largest absolute Gasteiger partial charge is 0.455 e. The number of carbonyl (C=O) groups is 1. The standard InChI is InChI=1S/C9H14F3NO2/c10-9(11,12)6-15-7(14)8(13)4-2-1-3-5-8/h1-6,13H2. The van der Waals surface area contributed by atoms with Gasteiger partial charge in [0.15, 0.2) is 6.61 Å². The molecular formula is C9H14F3NO2. The average molecular weight is 225 g/mol. The second kappa shape index (κ2) is 4.38. The molecule has 15 heavy (non-hydrogen) atoms. The zero-order valence-corrected chi connectivity index (χ0v) is 8.27. The van der Waals surface area contributed by atoms with E-state index in [0.717, 1.165) is 19.3 Å². The molecule has 0 saturated heterocycles. The van der Waals surface area contributed by atoms with Crippen LogP contribution in [0.4, 0.5) is 13.2 Å². The minimum Gasteiger partial charge on any atom is -0.455 e. The molecule has 0 bridgehead atoms. The molecule has 1 saturated carbocycles. The Kier molecular flexibility index (Phi) is 3.59. The van der Waals surface area contributed by atoms with E-state index < -0.39 is 24.3 Å². The lowest BCUT2D eigenvalue weighted by molar-refractivity contribution is -0.190. The topological polar surface area (TPSA) is 52.3 Å². The van der Waals surface area contributed by atoms with Gasteiger partial charge in [0.05, 0.1) is 0 Å². The van der Waals surface area contributed by atoms with Crippen molar-refractivity contribution < 1.29 is 22.7 Å². The van der Waals surface area contributed by atoms with Gasteiger partial charge < -0.3 is 10.5 Å². The zero-order valence-electron chi connectivity index (χ0n) is 8.27. The van der Waals surface area contributed by atoms with Crippen molar-refractivity contribution in [1.82, 2.24) is 0 Å². The monoisotopic (exact) mass is 225 g/mol. The van der Waals surface area contributed by atoms with Crippen LogP contribution in [0.2, 0.25) is 0 Å². The quantitative estimate of drug-likeness (QED) is 0.728. The van der Waals surface area contributed by atoms with Crippen LogP contribution in [0.3, 0.4) is 0 Å². The molecule has 1 rings (SSSR count). The van der Waals surface area contributed by atoms with Crippen LogP contribution >= 0.6 is 0 Å². The summed E-state index contributed by atoms with van der Waals surface area (Å²) in [5.41, 5.74) is 4.49. The molecule has 0 amide bonds. The van der Waals surface area contributed by atoms with Crippen LogP contribution in [0.15, 0.2) is 0 Å². The van der Waals surface area contributed by atoms with Crippen molar-refractivity contribution in [3.05, 3.63) is 0 Å². The SMILES string of the molecule is NC1(C(=O)OCC(F)(F)F)CCCCC1. The van der Waals surface area contributed by atoms with Crippen LogP contribution in [0, 0.1) is 0 Å². The van der Waals surface area contributed by atoms with E-state index in [2.05, 4.69) is 4.74 Å². The molecule has 3 nitrogen and oxygen atoms in total. The number of esters is 1. The van der Waals surface area contributed by atoms with Crippen LogP contribution in [-0.4, -0.2) is 24.3 Å². The zero-order chi connectivity index (χ0) is 11.5. The summed E-state index contributed by atoms with van der Waals surface area (Å²) >= 11 is 0. The molecule has 0 atom stereocenters. The van der Waals surface area contributed by atoms with Gasteiger partial charge in [-0.15, -0.1) is 0 Å². The second-order valence-electron chi connectivity index (χ2n) is 3.91. The van der Waals surface area contributed by atoms with Gasteiger partial charge in [-0.05, 0) is 12.8 Å². The Morgan fingerprint density at radius 2 is 1.80 bits per heavy atom. The molecule has 1 fully saturated rings. The fourth-order valence-electron chi connectivity index (χ4n) is 1.68. The van der Waals surface area contributed by atoms with Gasteiger partial charge in [0.25, 0.3) is 0 Å². The molecule has 0 aromatic carbocycles. The number of halogens is 3. The Bertz CT molecular complexity index is 234. The molecule has 1 aliphatic rings. The summed E-state index contributed by atoms with van der Waals surface area (Å²) in [6.45, 7) is -1.55. The summed E-state index contributed by atoms with van der Waals surface area (Å²) in [5.74, 6) is -0.931. The highest BCUT2D eigenvalue weighted by atomic mass is 19.4. The Hall–Kier alpha value is -0.780. The maximum atomic E-state index is 11.8. The Labute approximate surface area is 85.8 Å². The average Bonchev–Trinajstić information content (AvgIpc) is 2.14. The lowest BCUT2D eigenvalue weighted by Crippen LogP contribution is -2.51. The first kappa shape index (κ1) is 12.3. The van der Waals surface area contributed by atoms with Crippen molar-refractivity contribution in [2.24, 2.45) is 5.73 Å². The van der Waals surface area contributed by atoms with Crippen LogP contribution in [0.5, 0.6) is 0 Å².